The van der Waals surface area contributed by atoms with Crippen molar-refractivity contribution in [2.24, 2.45) is 0 Å². The Morgan fingerprint density at radius 3 is 2.57 bits per heavy atom. The van der Waals surface area contributed by atoms with E-state index >= 15 is 0 Å². The van der Waals surface area contributed by atoms with E-state index in [1.54, 1.807) is 6.92 Å². The molecule has 0 saturated carbocycles. The molecule has 0 saturated heterocycles. The fourth-order valence-corrected chi connectivity index (χ4v) is 0.993. The molecule has 7 heteroatoms. The van der Waals surface area contributed by atoms with Crippen molar-refractivity contribution in [2.75, 3.05) is 5.73 Å². The molecule has 0 fully saturated rings. The predicted octanol–water partition coefficient (Wildman–Crippen LogP) is -0.659. The monoisotopic (exact) mass is 198 g/mol. The van der Waals surface area contributed by atoms with Crippen molar-refractivity contribution in [1.29, 1.82) is 0 Å². The van der Waals surface area contributed by atoms with E-state index in [0.717, 1.165) is 0 Å². The second kappa shape index (κ2) is 4.03. The summed E-state index contributed by atoms with van der Waals surface area (Å²) in [6.45, 7) is 5.45. The molecule has 3 N–H and O–H groups in total. The highest BCUT2D eigenvalue weighted by atomic mass is 16.2. The van der Waals surface area contributed by atoms with Crippen LogP contribution in [0, 0.1) is 0 Å². The van der Waals surface area contributed by atoms with Gasteiger partial charge in [0.2, 0.25) is 11.9 Å². The SMILES string of the molecule is CC(C)NC(=O)C(C)n1nnnc1N. The summed E-state index contributed by atoms with van der Waals surface area (Å²) in [5, 5.41) is 13.2. The van der Waals surface area contributed by atoms with Crippen LogP contribution >= 0.6 is 0 Å². The van der Waals surface area contributed by atoms with E-state index in [1.165, 1.54) is 4.68 Å². The quantitative estimate of drug-likeness (QED) is 0.671. The first kappa shape index (κ1) is 10.4. The Morgan fingerprint density at radius 2 is 2.14 bits per heavy atom. The number of aromatic nitrogens is 4. The number of nitrogens with one attached hydrogen (secondary N) is 1. The molecule has 1 atom stereocenters. The molecule has 0 aliphatic heterocycles. The summed E-state index contributed by atoms with van der Waals surface area (Å²) in [5.41, 5.74) is 5.46. The van der Waals surface area contributed by atoms with Crippen molar-refractivity contribution in [2.45, 2.75) is 32.9 Å². The summed E-state index contributed by atoms with van der Waals surface area (Å²) in [6.07, 6.45) is 0. The standard InChI is InChI=1S/C7H14N6O/c1-4(2)9-6(14)5(3)13-7(8)10-11-12-13/h4-5H,1-3H3,(H,9,14)(H2,8,10,12). The van der Waals surface area contributed by atoms with Crippen LogP contribution in [0.25, 0.3) is 0 Å². The molecule has 1 heterocycles. The first-order valence-electron chi connectivity index (χ1n) is 4.36. The molecule has 0 spiro atoms. The van der Waals surface area contributed by atoms with Gasteiger partial charge in [0, 0.05) is 6.04 Å². The zero-order valence-electron chi connectivity index (χ0n) is 8.43. The number of anilines is 1. The van der Waals surface area contributed by atoms with Gasteiger partial charge in [-0.25, -0.2) is 0 Å². The zero-order chi connectivity index (χ0) is 10.7. The van der Waals surface area contributed by atoms with E-state index in [4.69, 9.17) is 5.73 Å². The Balaban J connectivity index is 2.71. The summed E-state index contributed by atoms with van der Waals surface area (Å²) in [5.74, 6) is -0.0181. The van der Waals surface area contributed by atoms with Gasteiger partial charge in [0.15, 0.2) is 0 Å². The predicted molar refractivity (Wildman–Crippen MR) is 50.2 cm³/mol. The van der Waals surface area contributed by atoms with Gasteiger partial charge in [0.1, 0.15) is 6.04 Å². The van der Waals surface area contributed by atoms with E-state index < -0.39 is 6.04 Å². The van der Waals surface area contributed by atoms with Crippen LogP contribution in [0.5, 0.6) is 0 Å². The number of hydrogen-bond donors (Lipinski definition) is 2. The van der Waals surface area contributed by atoms with Crippen LogP contribution in [0.3, 0.4) is 0 Å². The lowest BCUT2D eigenvalue weighted by atomic mass is 10.3. The molecule has 0 aromatic carbocycles. The summed E-state index contributed by atoms with van der Waals surface area (Å²) in [4.78, 5) is 11.5. The maximum atomic E-state index is 11.5. The number of amides is 1. The summed E-state index contributed by atoms with van der Waals surface area (Å²) in [6, 6.07) is -0.407. The summed E-state index contributed by atoms with van der Waals surface area (Å²) in [7, 11) is 0. The molecule has 1 aromatic heterocycles. The molecule has 0 bridgehead atoms. The van der Waals surface area contributed by atoms with Crippen LogP contribution in [-0.2, 0) is 4.79 Å². The van der Waals surface area contributed by atoms with Crippen molar-refractivity contribution < 1.29 is 4.79 Å². The van der Waals surface area contributed by atoms with Gasteiger partial charge in [-0.3, -0.25) is 4.79 Å². The first-order valence-corrected chi connectivity index (χ1v) is 4.36. The van der Waals surface area contributed by atoms with Gasteiger partial charge >= 0.3 is 0 Å². The van der Waals surface area contributed by atoms with E-state index in [9.17, 15) is 4.79 Å². The van der Waals surface area contributed by atoms with Gasteiger partial charge in [-0.05, 0) is 31.2 Å². The average molecular weight is 198 g/mol. The Kier molecular flexibility index (Phi) is 3.00. The maximum Gasteiger partial charge on any atom is 0.244 e. The van der Waals surface area contributed by atoms with Crippen LogP contribution in [0.15, 0.2) is 0 Å². The van der Waals surface area contributed by atoms with Crippen LogP contribution in [0.4, 0.5) is 5.95 Å². The van der Waals surface area contributed by atoms with E-state index in [1.807, 2.05) is 13.8 Å². The van der Waals surface area contributed by atoms with Crippen LogP contribution < -0.4 is 11.1 Å². The molecular weight excluding hydrogens is 184 g/mol. The Morgan fingerprint density at radius 1 is 1.50 bits per heavy atom. The minimum Gasteiger partial charge on any atom is -0.367 e. The summed E-state index contributed by atoms with van der Waals surface area (Å²) < 4.78 is 1.28. The minimum absolute atomic E-state index is 0.0858. The number of nitrogen functional groups attached to an aromatic ring is 1. The molecule has 78 valence electrons. The van der Waals surface area contributed by atoms with Crippen molar-refractivity contribution >= 4 is 11.9 Å². The van der Waals surface area contributed by atoms with Gasteiger partial charge in [0.05, 0.1) is 0 Å². The van der Waals surface area contributed by atoms with Crippen molar-refractivity contribution in [3.8, 4) is 0 Å². The highest BCUT2D eigenvalue weighted by molar-refractivity contribution is 5.80. The second-order valence-corrected chi connectivity index (χ2v) is 3.32. The van der Waals surface area contributed by atoms with E-state index in [-0.39, 0.29) is 17.9 Å². The van der Waals surface area contributed by atoms with E-state index in [2.05, 4.69) is 20.8 Å². The van der Waals surface area contributed by atoms with Crippen LogP contribution in [0.2, 0.25) is 0 Å². The van der Waals surface area contributed by atoms with Crippen molar-refractivity contribution in [1.82, 2.24) is 25.5 Å². The number of nitrogens with two attached hydrogens (primary N) is 1. The highest BCUT2D eigenvalue weighted by Crippen LogP contribution is 2.06. The smallest absolute Gasteiger partial charge is 0.244 e. The molecule has 1 aromatic rings. The Bertz CT molecular complexity index is 320. The van der Waals surface area contributed by atoms with Gasteiger partial charge in [-0.2, -0.15) is 4.68 Å². The molecule has 1 unspecified atom stereocenters. The van der Waals surface area contributed by atoms with Gasteiger partial charge in [0.25, 0.3) is 0 Å². The summed E-state index contributed by atoms with van der Waals surface area (Å²) >= 11 is 0. The Labute approximate surface area is 81.7 Å². The largest absolute Gasteiger partial charge is 0.367 e. The minimum atomic E-state index is -0.493. The third kappa shape index (κ3) is 2.18. The third-order valence-electron chi connectivity index (χ3n) is 1.70. The topological polar surface area (TPSA) is 98.7 Å². The Hall–Kier alpha value is -1.66. The molecule has 1 amide bonds. The van der Waals surface area contributed by atoms with Crippen LogP contribution in [0.1, 0.15) is 26.8 Å². The number of rotatable bonds is 3. The lowest BCUT2D eigenvalue weighted by molar-refractivity contribution is -0.124. The molecule has 0 aliphatic carbocycles. The third-order valence-corrected chi connectivity index (χ3v) is 1.70. The molecular formula is C7H14N6O. The average Bonchev–Trinajstić information content (AvgIpc) is 2.48. The van der Waals surface area contributed by atoms with E-state index in [0.29, 0.717) is 0 Å². The van der Waals surface area contributed by atoms with Crippen molar-refractivity contribution in [3.63, 3.8) is 0 Å². The molecule has 0 aliphatic rings. The van der Waals surface area contributed by atoms with Gasteiger partial charge < -0.3 is 11.1 Å². The fourth-order valence-electron chi connectivity index (χ4n) is 0.993. The molecule has 7 nitrogen and oxygen atoms in total. The van der Waals surface area contributed by atoms with Gasteiger partial charge in [-0.15, -0.1) is 0 Å². The number of hydrogen-bond acceptors (Lipinski definition) is 5. The first-order chi connectivity index (χ1) is 6.52. The molecule has 0 radical (unpaired) electrons. The van der Waals surface area contributed by atoms with Gasteiger partial charge in [-0.1, -0.05) is 5.10 Å². The second-order valence-electron chi connectivity index (χ2n) is 3.32. The maximum absolute atomic E-state index is 11.5. The van der Waals surface area contributed by atoms with Crippen molar-refractivity contribution in [3.05, 3.63) is 0 Å². The fraction of sp³-hybridized carbons (Fsp3) is 0.714. The zero-order valence-corrected chi connectivity index (χ0v) is 8.43. The molecule has 14 heavy (non-hydrogen) atoms. The lowest BCUT2D eigenvalue weighted by Gasteiger charge is -2.14. The number of carbonyl (C=O) groups excluding carboxylic acids is 1. The lowest BCUT2D eigenvalue weighted by Crippen LogP contribution is -2.36. The highest BCUT2D eigenvalue weighted by Gasteiger charge is 2.18. The number of tetrazole rings is 1. The normalized spacial score (nSPS) is 12.9. The number of carbonyl (C=O) groups is 1. The molecule has 1 rings (SSSR count). The van der Waals surface area contributed by atoms with Crippen LogP contribution in [-0.4, -0.2) is 32.2 Å². The number of nitrogens with zero attached hydrogens (tertiary/aromatic N) is 4.